The minimum Gasteiger partial charge on any atom is -0.464 e. The summed E-state index contributed by atoms with van der Waals surface area (Å²) in [6.07, 6.45) is 2.08. The number of nitrogens with zero attached hydrogens (tertiary/aromatic N) is 1. The first-order valence-electron chi connectivity index (χ1n) is 6.30. The van der Waals surface area contributed by atoms with Crippen molar-refractivity contribution in [1.29, 1.82) is 0 Å². The molecule has 2 N–H and O–H groups in total. The molecule has 2 rings (SSSR count). The van der Waals surface area contributed by atoms with Crippen LogP contribution in [0.2, 0.25) is 0 Å². The van der Waals surface area contributed by atoms with E-state index in [2.05, 4.69) is 0 Å². The topological polar surface area (TPSA) is 74.3 Å². The zero-order chi connectivity index (χ0) is 14.4. The summed E-state index contributed by atoms with van der Waals surface area (Å²) in [4.78, 5) is 23.1. The number of carbonyl (C=O) groups is 1. The quantitative estimate of drug-likeness (QED) is 0.830. The van der Waals surface area contributed by atoms with Gasteiger partial charge in [-0.3, -0.25) is 9.59 Å². The number of carbonyl (C=O) groups excluding carboxylic acids is 1. The normalized spacial score (nSPS) is 10.2. The average Bonchev–Trinajstić information content (AvgIpc) is 2.44. The van der Waals surface area contributed by atoms with Crippen molar-refractivity contribution in [2.75, 3.05) is 12.3 Å². The fourth-order valence-electron chi connectivity index (χ4n) is 1.79. The van der Waals surface area contributed by atoms with Gasteiger partial charge in [-0.25, -0.2) is 0 Å². The molecule has 0 aliphatic carbocycles. The fraction of sp³-hybridized carbons (Fsp3) is 0.200. The van der Waals surface area contributed by atoms with Gasteiger partial charge in [0.2, 0.25) is 0 Å². The number of aromatic nitrogens is 1. The maximum atomic E-state index is 11.6. The van der Waals surface area contributed by atoms with Crippen LogP contribution >= 0.6 is 0 Å². The number of rotatable bonds is 5. The summed E-state index contributed by atoms with van der Waals surface area (Å²) in [5.74, 6) is -0.450. The highest BCUT2D eigenvalue weighted by Crippen LogP contribution is 2.00. The summed E-state index contributed by atoms with van der Waals surface area (Å²) in [6, 6.07) is 12.6. The Morgan fingerprint density at radius 2 is 1.90 bits per heavy atom. The second-order valence-electron chi connectivity index (χ2n) is 4.38. The third-order valence-corrected chi connectivity index (χ3v) is 2.80. The molecule has 5 nitrogen and oxygen atoms in total. The minimum atomic E-state index is -0.450. The molecular formula is C15H16N2O3. The number of nitrogen functional groups attached to an aromatic ring is 1. The molecule has 5 heteroatoms. The van der Waals surface area contributed by atoms with Crippen LogP contribution in [0.1, 0.15) is 5.56 Å². The van der Waals surface area contributed by atoms with E-state index in [0.717, 1.165) is 5.56 Å². The molecule has 0 saturated heterocycles. The Morgan fingerprint density at radius 1 is 1.15 bits per heavy atom. The molecule has 0 saturated carbocycles. The minimum absolute atomic E-state index is 0.126. The second kappa shape index (κ2) is 6.56. The van der Waals surface area contributed by atoms with E-state index in [0.29, 0.717) is 18.7 Å². The van der Waals surface area contributed by atoms with E-state index in [1.54, 1.807) is 0 Å². The molecule has 0 bridgehead atoms. The zero-order valence-electron chi connectivity index (χ0n) is 11.0. The van der Waals surface area contributed by atoms with Crippen LogP contribution < -0.4 is 11.3 Å². The number of hydrogen-bond acceptors (Lipinski definition) is 4. The summed E-state index contributed by atoms with van der Waals surface area (Å²) in [6.45, 7) is 0.165. The number of esters is 1. The molecule has 0 spiro atoms. The summed E-state index contributed by atoms with van der Waals surface area (Å²) in [5.41, 5.74) is 6.82. The van der Waals surface area contributed by atoms with Gasteiger partial charge >= 0.3 is 5.97 Å². The lowest BCUT2D eigenvalue weighted by molar-refractivity contribution is -0.144. The van der Waals surface area contributed by atoms with Crippen molar-refractivity contribution >= 4 is 11.7 Å². The summed E-state index contributed by atoms with van der Waals surface area (Å²) in [5, 5.41) is 0. The Labute approximate surface area is 116 Å². The second-order valence-corrected chi connectivity index (χ2v) is 4.38. The van der Waals surface area contributed by atoms with Crippen molar-refractivity contribution in [2.24, 2.45) is 0 Å². The Hall–Kier alpha value is -2.56. The van der Waals surface area contributed by atoms with E-state index in [4.69, 9.17) is 10.5 Å². The number of benzene rings is 1. The Kier molecular flexibility index (Phi) is 4.55. The number of ether oxygens (including phenoxy) is 1. The fourth-order valence-corrected chi connectivity index (χ4v) is 1.79. The molecule has 0 aliphatic rings. The van der Waals surface area contributed by atoms with Crippen molar-refractivity contribution in [3.8, 4) is 0 Å². The van der Waals surface area contributed by atoms with Crippen LogP contribution in [0.15, 0.2) is 53.5 Å². The Balaban J connectivity index is 1.84. The number of pyridine rings is 1. The average molecular weight is 272 g/mol. The van der Waals surface area contributed by atoms with Crippen LogP contribution in [0, 0.1) is 0 Å². The number of nitrogens with two attached hydrogens (primary N) is 1. The summed E-state index contributed by atoms with van der Waals surface area (Å²) >= 11 is 0. The lowest BCUT2D eigenvalue weighted by Gasteiger charge is -2.07. The molecular weight excluding hydrogens is 256 g/mol. The van der Waals surface area contributed by atoms with Crippen molar-refractivity contribution in [3.63, 3.8) is 0 Å². The molecule has 1 aromatic heterocycles. The third-order valence-electron chi connectivity index (χ3n) is 2.80. The summed E-state index contributed by atoms with van der Waals surface area (Å²) in [7, 11) is 0. The summed E-state index contributed by atoms with van der Waals surface area (Å²) < 4.78 is 6.34. The molecule has 1 aromatic carbocycles. The van der Waals surface area contributed by atoms with Gasteiger partial charge in [-0.15, -0.1) is 0 Å². The van der Waals surface area contributed by atoms with Crippen molar-refractivity contribution in [1.82, 2.24) is 4.57 Å². The van der Waals surface area contributed by atoms with Gasteiger partial charge < -0.3 is 15.0 Å². The van der Waals surface area contributed by atoms with Gasteiger partial charge in [0.05, 0.1) is 6.61 Å². The molecule has 104 valence electrons. The van der Waals surface area contributed by atoms with Crippen LogP contribution in [-0.2, 0) is 22.5 Å². The van der Waals surface area contributed by atoms with E-state index in [-0.39, 0.29) is 12.1 Å². The van der Waals surface area contributed by atoms with Crippen LogP contribution in [0.5, 0.6) is 0 Å². The van der Waals surface area contributed by atoms with Crippen LogP contribution in [0.3, 0.4) is 0 Å². The molecule has 20 heavy (non-hydrogen) atoms. The maximum Gasteiger partial charge on any atom is 0.326 e. The van der Waals surface area contributed by atoms with Crippen molar-refractivity contribution in [3.05, 3.63) is 64.6 Å². The standard InChI is InChI=1S/C15H16N2O3/c16-13-6-7-14(18)17(10-13)11-15(19)20-9-8-12-4-2-1-3-5-12/h1-7,10H,8-9,11,16H2. The van der Waals surface area contributed by atoms with Gasteiger partial charge in [0.25, 0.3) is 5.56 Å². The van der Waals surface area contributed by atoms with E-state index in [9.17, 15) is 9.59 Å². The van der Waals surface area contributed by atoms with Gasteiger partial charge in [-0.2, -0.15) is 0 Å². The first-order valence-corrected chi connectivity index (χ1v) is 6.30. The van der Waals surface area contributed by atoms with Crippen LogP contribution in [0.4, 0.5) is 5.69 Å². The molecule has 0 amide bonds. The lowest BCUT2D eigenvalue weighted by Crippen LogP contribution is -2.25. The molecule has 0 aliphatic heterocycles. The van der Waals surface area contributed by atoms with Crippen molar-refractivity contribution < 1.29 is 9.53 Å². The smallest absolute Gasteiger partial charge is 0.326 e. The van der Waals surface area contributed by atoms with Gasteiger partial charge in [0.15, 0.2) is 0 Å². The Bertz CT molecular complexity index is 635. The molecule has 1 heterocycles. The predicted molar refractivity (Wildman–Crippen MR) is 76.2 cm³/mol. The van der Waals surface area contributed by atoms with Crippen LogP contribution in [-0.4, -0.2) is 17.1 Å². The van der Waals surface area contributed by atoms with E-state index < -0.39 is 5.97 Å². The zero-order valence-corrected chi connectivity index (χ0v) is 11.0. The molecule has 2 aromatic rings. The monoisotopic (exact) mass is 272 g/mol. The van der Waals surface area contributed by atoms with E-state index in [1.807, 2.05) is 30.3 Å². The number of anilines is 1. The predicted octanol–water partition coefficient (Wildman–Crippen LogP) is 1.22. The molecule has 0 unspecified atom stereocenters. The van der Waals surface area contributed by atoms with Gasteiger partial charge in [-0.1, -0.05) is 30.3 Å². The lowest BCUT2D eigenvalue weighted by atomic mass is 10.2. The molecule has 0 radical (unpaired) electrons. The first kappa shape index (κ1) is 13.9. The van der Waals surface area contributed by atoms with E-state index >= 15 is 0 Å². The first-order chi connectivity index (χ1) is 9.65. The molecule has 0 atom stereocenters. The largest absolute Gasteiger partial charge is 0.464 e. The highest BCUT2D eigenvalue weighted by Gasteiger charge is 2.06. The Morgan fingerprint density at radius 3 is 2.65 bits per heavy atom. The number of hydrogen-bond donors (Lipinski definition) is 1. The van der Waals surface area contributed by atoms with E-state index in [1.165, 1.54) is 22.9 Å². The SMILES string of the molecule is Nc1ccc(=O)n(CC(=O)OCCc2ccccc2)c1. The van der Waals surface area contributed by atoms with Gasteiger partial charge in [0.1, 0.15) is 6.54 Å². The van der Waals surface area contributed by atoms with Crippen molar-refractivity contribution in [2.45, 2.75) is 13.0 Å². The van der Waals surface area contributed by atoms with Gasteiger partial charge in [-0.05, 0) is 11.6 Å². The third kappa shape index (κ3) is 3.98. The molecule has 0 fully saturated rings. The van der Waals surface area contributed by atoms with Crippen LogP contribution in [0.25, 0.3) is 0 Å². The van der Waals surface area contributed by atoms with Gasteiger partial charge in [0, 0.05) is 24.4 Å². The highest BCUT2D eigenvalue weighted by atomic mass is 16.5. The maximum absolute atomic E-state index is 11.6. The highest BCUT2D eigenvalue weighted by molar-refractivity contribution is 5.69.